The summed E-state index contributed by atoms with van der Waals surface area (Å²) in [4.78, 5) is 2.30. The van der Waals surface area contributed by atoms with Crippen molar-refractivity contribution in [3.05, 3.63) is 63.6 Å². The van der Waals surface area contributed by atoms with E-state index < -0.39 is 10.0 Å². The molecule has 1 heterocycles. The number of morpholine rings is 1. The van der Waals surface area contributed by atoms with Gasteiger partial charge in [-0.25, -0.2) is 13.1 Å². The van der Waals surface area contributed by atoms with Crippen LogP contribution in [0.4, 0.5) is 0 Å². The molecule has 0 atom stereocenters. The number of halogens is 2. The number of nitrogens with one attached hydrogen (secondary N) is 1. The van der Waals surface area contributed by atoms with Crippen LogP contribution in [0.3, 0.4) is 0 Å². The Balaban J connectivity index is 1.67. The van der Waals surface area contributed by atoms with Gasteiger partial charge in [0.05, 0.1) is 18.2 Å². The summed E-state index contributed by atoms with van der Waals surface area (Å²) >= 11 is 11.9. The van der Waals surface area contributed by atoms with Gasteiger partial charge < -0.3 is 4.74 Å². The lowest BCUT2D eigenvalue weighted by Crippen LogP contribution is -2.35. The first kappa shape index (κ1) is 19.6. The van der Waals surface area contributed by atoms with Crippen molar-refractivity contribution in [2.45, 2.75) is 18.0 Å². The molecule has 1 aliphatic heterocycles. The summed E-state index contributed by atoms with van der Waals surface area (Å²) in [5.41, 5.74) is 2.03. The molecular formula is C18H20Cl2N2O3S. The molecule has 0 saturated carbocycles. The van der Waals surface area contributed by atoms with E-state index >= 15 is 0 Å². The quantitative estimate of drug-likeness (QED) is 0.787. The third-order valence-corrected chi connectivity index (χ3v) is 6.27. The molecule has 0 aliphatic carbocycles. The van der Waals surface area contributed by atoms with Gasteiger partial charge in [-0.3, -0.25) is 4.90 Å². The fraction of sp³-hybridized carbons (Fsp3) is 0.333. The van der Waals surface area contributed by atoms with E-state index in [-0.39, 0.29) is 16.5 Å². The SMILES string of the molecule is O=S(=O)(NCc1cccc(CN2CCOCC2)c1)c1cc(Cl)ccc1Cl. The molecule has 0 spiro atoms. The van der Waals surface area contributed by atoms with E-state index in [2.05, 4.69) is 9.62 Å². The molecule has 1 N–H and O–H groups in total. The molecule has 3 rings (SSSR count). The average molecular weight is 415 g/mol. The van der Waals surface area contributed by atoms with Crippen LogP contribution in [0.2, 0.25) is 10.0 Å². The monoisotopic (exact) mass is 414 g/mol. The number of sulfonamides is 1. The molecule has 2 aromatic rings. The highest BCUT2D eigenvalue weighted by atomic mass is 35.5. The second-order valence-corrected chi connectivity index (χ2v) is 8.69. The van der Waals surface area contributed by atoms with Gasteiger partial charge in [-0.15, -0.1) is 0 Å². The van der Waals surface area contributed by atoms with Crippen LogP contribution in [-0.2, 0) is 27.8 Å². The normalized spacial score (nSPS) is 15.9. The Morgan fingerprint density at radius 2 is 1.77 bits per heavy atom. The van der Waals surface area contributed by atoms with Crippen molar-refractivity contribution < 1.29 is 13.2 Å². The van der Waals surface area contributed by atoms with E-state index in [0.29, 0.717) is 5.02 Å². The number of hydrogen-bond donors (Lipinski definition) is 1. The van der Waals surface area contributed by atoms with Crippen molar-refractivity contribution in [2.75, 3.05) is 26.3 Å². The predicted molar refractivity (Wildman–Crippen MR) is 103 cm³/mol. The largest absolute Gasteiger partial charge is 0.379 e. The van der Waals surface area contributed by atoms with Crippen molar-refractivity contribution in [2.24, 2.45) is 0 Å². The lowest BCUT2D eigenvalue weighted by Gasteiger charge is -2.26. The molecule has 0 unspecified atom stereocenters. The topological polar surface area (TPSA) is 58.6 Å². The first-order valence-electron chi connectivity index (χ1n) is 8.27. The van der Waals surface area contributed by atoms with Gasteiger partial charge in [0.1, 0.15) is 4.90 Å². The number of ether oxygens (including phenoxy) is 1. The Bertz CT molecular complexity index is 868. The predicted octanol–water partition coefficient (Wildman–Crippen LogP) is 3.30. The fourth-order valence-electron chi connectivity index (χ4n) is 2.79. The molecule has 0 amide bonds. The maximum Gasteiger partial charge on any atom is 0.242 e. The fourth-order valence-corrected chi connectivity index (χ4v) is 4.57. The molecule has 1 aliphatic rings. The second kappa shape index (κ2) is 8.69. The zero-order valence-electron chi connectivity index (χ0n) is 14.1. The van der Waals surface area contributed by atoms with Gasteiger partial charge in [0, 0.05) is 31.2 Å². The molecule has 5 nitrogen and oxygen atoms in total. The van der Waals surface area contributed by atoms with E-state index in [1.165, 1.54) is 12.1 Å². The average Bonchev–Trinajstić information content (AvgIpc) is 2.63. The smallest absolute Gasteiger partial charge is 0.242 e. The lowest BCUT2D eigenvalue weighted by molar-refractivity contribution is 0.0342. The van der Waals surface area contributed by atoms with Crippen LogP contribution in [0.1, 0.15) is 11.1 Å². The van der Waals surface area contributed by atoms with Crippen LogP contribution in [0.25, 0.3) is 0 Å². The summed E-state index contributed by atoms with van der Waals surface area (Å²) in [5.74, 6) is 0. The molecule has 8 heteroatoms. The highest BCUT2D eigenvalue weighted by molar-refractivity contribution is 7.89. The minimum absolute atomic E-state index is 0.0175. The first-order valence-corrected chi connectivity index (χ1v) is 10.5. The van der Waals surface area contributed by atoms with E-state index in [9.17, 15) is 8.42 Å². The zero-order chi connectivity index (χ0) is 18.6. The second-order valence-electron chi connectivity index (χ2n) is 6.11. The van der Waals surface area contributed by atoms with Crippen LogP contribution in [0.15, 0.2) is 47.4 Å². The maximum atomic E-state index is 12.5. The summed E-state index contributed by atoms with van der Waals surface area (Å²) in [6, 6.07) is 12.3. The Kier molecular flexibility index (Phi) is 6.55. The lowest BCUT2D eigenvalue weighted by atomic mass is 10.1. The van der Waals surface area contributed by atoms with Crippen molar-refractivity contribution in [3.8, 4) is 0 Å². The first-order chi connectivity index (χ1) is 12.4. The Morgan fingerprint density at radius 3 is 2.54 bits per heavy atom. The number of benzene rings is 2. The minimum atomic E-state index is -3.75. The Labute approximate surface area is 163 Å². The number of rotatable bonds is 6. The van der Waals surface area contributed by atoms with Gasteiger partial charge in [-0.05, 0) is 29.3 Å². The van der Waals surface area contributed by atoms with Crippen molar-refractivity contribution in [3.63, 3.8) is 0 Å². The minimum Gasteiger partial charge on any atom is -0.379 e. The molecular weight excluding hydrogens is 395 g/mol. The van der Waals surface area contributed by atoms with Gasteiger partial charge in [0.2, 0.25) is 10.0 Å². The molecule has 2 aromatic carbocycles. The summed E-state index contributed by atoms with van der Waals surface area (Å²) in [5, 5.41) is 0.463. The number of nitrogens with zero attached hydrogens (tertiary/aromatic N) is 1. The number of hydrogen-bond acceptors (Lipinski definition) is 4. The standard InChI is InChI=1S/C18H20Cl2N2O3S/c19-16-4-5-17(20)18(11-16)26(23,24)21-12-14-2-1-3-15(10-14)13-22-6-8-25-9-7-22/h1-5,10-11,21H,6-9,12-13H2. The summed E-state index contributed by atoms with van der Waals surface area (Å²) in [6.45, 7) is 4.32. The third-order valence-electron chi connectivity index (χ3n) is 4.15. The van der Waals surface area contributed by atoms with Gasteiger partial charge in [0.25, 0.3) is 0 Å². The van der Waals surface area contributed by atoms with E-state index in [1.807, 2.05) is 24.3 Å². The van der Waals surface area contributed by atoms with Gasteiger partial charge in [-0.1, -0.05) is 47.5 Å². The van der Waals surface area contributed by atoms with Crippen LogP contribution in [0, 0.1) is 0 Å². The van der Waals surface area contributed by atoms with E-state index in [0.717, 1.165) is 44.0 Å². The summed E-state index contributed by atoms with van der Waals surface area (Å²) in [7, 11) is -3.75. The van der Waals surface area contributed by atoms with Crippen molar-refractivity contribution >= 4 is 33.2 Å². The van der Waals surface area contributed by atoms with Crippen LogP contribution in [-0.4, -0.2) is 39.6 Å². The highest BCUT2D eigenvalue weighted by Crippen LogP contribution is 2.25. The zero-order valence-corrected chi connectivity index (χ0v) is 16.4. The molecule has 1 saturated heterocycles. The Morgan fingerprint density at radius 1 is 1.04 bits per heavy atom. The van der Waals surface area contributed by atoms with E-state index in [4.69, 9.17) is 27.9 Å². The Hall–Kier alpha value is -1.15. The molecule has 0 radical (unpaired) electrons. The van der Waals surface area contributed by atoms with Gasteiger partial charge in [0.15, 0.2) is 0 Å². The molecule has 0 aromatic heterocycles. The van der Waals surface area contributed by atoms with Crippen molar-refractivity contribution in [1.29, 1.82) is 0 Å². The molecule has 140 valence electrons. The molecule has 26 heavy (non-hydrogen) atoms. The van der Waals surface area contributed by atoms with Crippen molar-refractivity contribution in [1.82, 2.24) is 9.62 Å². The van der Waals surface area contributed by atoms with Crippen LogP contribution < -0.4 is 4.72 Å². The highest BCUT2D eigenvalue weighted by Gasteiger charge is 2.18. The third kappa shape index (κ3) is 5.19. The van der Waals surface area contributed by atoms with Crippen LogP contribution in [0.5, 0.6) is 0 Å². The van der Waals surface area contributed by atoms with Crippen LogP contribution >= 0.6 is 23.2 Å². The summed E-state index contributed by atoms with van der Waals surface area (Å²) < 4.78 is 33.0. The van der Waals surface area contributed by atoms with Gasteiger partial charge in [-0.2, -0.15) is 0 Å². The van der Waals surface area contributed by atoms with Gasteiger partial charge >= 0.3 is 0 Å². The van der Waals surface area contributed by atoms with E-state index in [1.54, 1.807) is 6.07 Å². The molecule has 1 fully saturated rings. The maximum absolute atomic E-state index is 12.5. The summed E-state index contributed by atoms with van der Waals surface area (Å²) in [6.07, 6.45) is 0. The molecule has 0 bridgehead atoms.